The van der Waals surface area contributed by atoms with Crippen molar-refractivity contribution in [3.8, 4) is 0 Å². The van der Waals surface area contributed by atoms with Crippen LogP contribution in [0.3, 0.4) is 0 Å². The monoisotopic (exact) mass is 382 g/mol. The summed E-state index contributed by atoms with van der Waals surface area (Å²) in [6.45, 7) is 0. The molecule has 0 saturated carbocycles. The Labute approximate surface area is 170 Å². The van der Waals surface area contributed by atoms with Crippen LogP contribution in [-0.4, -0.2) is 25.0 Å². The molecule has 0 aromatic heterocycles. The zero-order valence-corrected chi connectivity index (χ0v) is 16.9. The van der Waals surface area contributed by atoms with Crippen molar-refractivity contribution in [2.24, 2.45) is 0 Å². The Balaban J connectivity index is 1.41. The van der Waals surface area contributed by atoms with E-state index in [9.17, 15) is 0 Å². The lowest BCUT2D eigenvalue weighted by Crippen LogP contribution is -2.32. The normalized spacial score (nSPS) is 22.1. The Morgan fingerprint density at radius 2 is 1.89 bits per heavy atom. The highest BCUT2D eigenvalue weighted by Gasteiger charge is 2.23. The van der Waals surface area contributed by atoms with Crippen LogP contribution in [0.25, 0.3) is 10.8 Å². The lowest BCUT2D eigenvalue weighted by molar-refractivity contribution is 0.397. The Morgan fingerprint density at radius 3 is 2.82 bits per heavy atom. The third-order valence-corrected chi connectivity index (χ3v) is 6.82. The molecule has 2 aliphatic heterocycles. The maximum Gasteiger partial charge on any atom is 0.0799 e. The van der Waals surface area contributed by atoms with E-state index < -0.39 is 0 Å². The van der Waals surface area contributed by atoms with Crippen molar-refractivity contribution in [3.05, 3.63) is 107 Å². The number of likely N-dealkylation sites (N-methyl/N-ethyl adjacent to an activating group) is 1. The Kier molecular flexibility index (Phi) is 4.25. The second-order valence-corrected chi connectivity index (χ2v) is 8.25. The average molecular weight is 383 g/mol. The zero-order valence-electron chi connectivity index (χ0n) is 16.0. The van der Waals surface area contributed by atoms with E-state index in [1.165, 1.54) is 37.7 Å². The van der Waals surface area contributed by atoms with Gasteiger partial charge in [-0.2, -0.15) is 0 Å². The van der Waals surface area contributed by atoms with Crippen LogP contribution in [0, 0.1) is 0 Å². The molecule has 138 valence electrons. The Bertz CT molecular complexity index is 1130. The number of benzene rings is 2. The highest BCUT2D eigenvalue weighted by atomic mass is 32.2. The van der Waals surface area contributed by atoms with E-state index in [1.54, 1.807) is 0 Å². The van der Waals surface area contributed by atoms with Crippen molar-refractivity contribution < 1.29 is 0 Å². The quantitative estimate of drug-likeness (QED) is 0.626. The number of fused-ring (bicyclic) bond motifs is 4. The van der Waals surface area contributed by atoms with Crippen molar-refractivity contribution >= 4 is 28.2 Å². The van der Waals surface area contributed by atoms with Gasteiger partial charge in [0.25, 0.3) is 0 Å². The molecule has 2 heterocycles. The fraction of sp³-hybridized carbons (Fsp3) is 0.120. The number of allylic oxidation sites excluding steroid dienone is 7. The van der Waals surface area contributed by atoms with Crippen LogP contribution in [-0.2, 0) is 0 Å². The maximum absolute atomic E-state index is 2.32. The van der Waals surface area contributed by atoms with Crippen LogP contribution >= 0.6 is 11.8 Å². The highest BCUT2D eigenvalue weighted by molar-refractivity contribution is 8.04. The fourth-order valence-corrected chi connectivity index (χ4v) is 5.15. The first kappa shape index (κ1) is 17.2. The van der Waals surface area contributed by atoms with Gasteiger partial charge in [0.2, 0.25) is 0 Å². The molecule has 3 heteroatoms. The molecule has 0 spiro atoms. The third kappa shape index (κ3) is 2.83. The summed E-state index contributed by atoms with van der Waals surface area (Å²) in [5.74, 6) is 0. The smallest absolute Gasteiger partial charge is 0.0799 e. The number of hydrogen-bond donors (Lipinski definition) is 0. The summed E-state index contributed by atoms with van der Waals surface area (Å²) >= 11 is 1.85. The van der Waals surface area contributed by atoms with E-state index in [2.05, 4.69) is 115 Å². The average Bonchev–Trinajstić information content (AvgIpc) is 3.06. The first-order valence-corrected chi connectivity index (χ1v) is 10.4. The van der Waals surface area contributed by atoms with Gasteiger partial charge < -0.3 is 9.80 Å². The van der Waals surface area contributed by atoms with Gasteiger partial charge in [-0.3, -0.25) is 0 Å². The van der Waals surface area contributed by atoms with Crippen molar-refractivity contribution in [1.29, 1.82) is 0 Å². The number of nitrogens with zero attached hydrogens (tertiary/aromatic N) is 2. The van der Waals surface area contributed by atoms with Crippen LogP contribution in [0.15, 0.2) is 112 Å². The molecule has 5 rings (SSSR count). The van der Waals surface area contributed by atoms with Crippen molar-refractivity contribution in [1.82, 2.24) is 4.90 Å². The maximum atomic E-state index is 2.32. The number of thioether (sulfide) groups is 1. The lowest BCUT2D eigenvalue weighted by Gasteiger charge is -2.33. The molecular formula is C25H22N2S. The van der Waals surface area contributed by atoms with Crippen molar-refractivity contribution in [3.63, 3.8) is 0 Å². The molecule has 2 aromatic carbocycles. The molecule has 0 amide bonds. The standard InChI is InChI=1S/C25H22N2S/c1-26-20(16-14-19-9-4-6-12-22(19)26)10-7-13-24-27(2)23-17-15-18-8-3-5-11-21(18)25(23)28-24/h3-17,22H,1-2H3/b10-7-,24-13-. The molecule has 2 aromatic rings. The van der Waals surface area contributed by atoms with E-state index in [-0.39, 0.29) is 0 Å². The van der Waals surface area contributed by atoms with Gasteiger partial charge in [0.1, 0.15) is 0 Å². The summed E-state index contributed by atoms with van der Waals surface area (Å²) in [5.41, 5.74) is 3.84. The summed E-state index contributed by atoms with van der Waals surface area (Å²) < 4.78 is 0. The van der Waals surface area contributed by atoms with Gasteiger partial charge >= 0.3 is 0 Å². The molecule has 1 unspecified atom stereocenters. The SMILES string of the molecule is CN1/C(=C/C=C\C2=CC=C3C=CC=CC3N2C)Sc2c1ccc1ccccc21. The molecule has 0 N–H and O–H groups in total. The minimum atomic E-state index is 0.335. The van der Waals surface area contributed by atoms with E-state index in [4.69, 9.17) is 0 Å². The van der Waals surface area contributed by atoms with Gasteiger partial charge in [-0.25, -0.2) is 0 Å². The second kappa shape index (κ2) is 6.92. The van der Waals surface area contributed by atoms with E-state index in [0.717, 1.165) is 0 Å². The first-order valence-electron chi connectivity index (χ1n) is 9.54. The molecule has 1 aliphatic carbocycles. The lowest BCUT2D eigenvalue weighted by atomic mass is 9.96. The number of hydrogen-bond acceptors (Lipinski definition) is 3. The van der Waals surface area contributed by atoms with E-state index in [0.29, 0.717) is 6.04 Å². The number of rotatable bonds is 2. The minimum absolute atomic E-state index is 0.335. The summed E-state index contributed by atoms with van der Waals surface area (Å²) in [6.07, 6.45) is 19.6. The van der Waals surface area contributed by atoms with Gasteiger partial charge in [-0.05, 0) is 40.6 Å². The Morgan fingerprint density at radius 1 is 1.00 bits per heavy atom. The molecular weight excluding hydrogens is 360 g/mol. The van der Waals surface area contributed by atoms with E-state index in [1.807, 2.05) is 11.8 Å². The van der Waals surface area contributed by atoms with Gasteiger partial charge in [-0.1, -0.05) is 78.5 Å². The van der Waals surface area contributed by atoms with Crippen LogP contribution in [0.2, 0.25) is 0 Å². The van der Waals surface area contributed by atoms with Crippen LogP contribution in [0.5, 0.6) is 0 Å². The predicted molar refractivity (Wildman–Crippen MR) is 121 cm³/mol. The molecule has 0 fully saturated rings. The summed E-state index contributed by atoms with van der Waals surface area (Å²) in [6, 6.07) is 13.4. The van der Waals surface area contributed by atoms with Crippen molar-refractivity contribution in [2.75, 3.05) is 19.0 Å². The summed E-state index contributed by atoms with van der Waals surface area (Å²) in [7, 11) is 4.30. The zero-order chi connectivity index (χ0) is 19.1. The van der Waals surface area contributed by atoms with Gasteiger partial charge in [0, 0.05) is 24.7 Å². The topological polar surface area (TPSA) is 6.48 Å². The summed E-state index contributed by atoms with van der Waals surface area (Å²) in [4.78, 5) is 5.95. The molecule has 0 saturated heterocycles. The van der Waals surface area contributed by atoms with Gasteiger partial charge in [0.05, 0.1) is 16.8 Å². The van der Waals surface area contributed by atoms with Gasteiger partial charge in [0.15, 0.2) is 0 Å². The molecule has 1 atom stereocenters. The number of anilines is 1. The third-order valence-electron chi connectivity index (χ3n) is 5.57. The summed E-state index contributed by atoms with van der Waals surface area (Å²) in [5, 5.41) is 3.87. The van der Waals surface area contributed by atoms with Crippen LogP contribution in [0.4, 0.5) is 5.69 Å². The highest BCUT2D eigenvalue weighted by Crippen LogP contribution is 2.48. The molecule has 0 bridgehead atoms. The minimum Gasteiger partial charge on any atom is -0.364 e. The molecule has 0 radical (unpaired) electrons. The van der Waals surface area contributed by atoms with Crippen molar-refractivity contribution in [2.45, 2.75) is 10.9 Å². The Hall–Kier alpha value is -2.91. The van der Waals surface area contributed by atoms with Crippen LogP contribution < -0.4 is 4.90 Å². The first-order chi connectivity index (χ1) is 13.7. The molecule has 2 nitrogen and oxygen atoms in total. The van der Waals surface area contributed by atoms with E-state index >= 15 is 0 Å². The molecule has 28 heavy (non-hydrogen) atoms. The second-order valence-electron chi connectivity index (χ2n) is 7.22. The largest absolute Gasteiger partial charge is 0.364 e. The fourth-order valence-electron chi connectivity index (χ4n) is 3.95. The van der Waals surface area contributed by atoms with Gasteiger partial charge in [-0.15, -0.1) is 0 Å². The van der Waals surface area contributed by atoms with Crippen LogP contribution in [0.1, 0.15) is 0 Å². The predicted octanol–water partition coefficient (Wildman–Crippen LogP) is 6.03. The molecule has 3 aliphatic rings.